The van der Waals surface area contributed by atoms with E-state index >= 15 is 0 Å². The minimum Gasteiger partial charge on any atom is -0.477 e. The summed E-state index contributed by atoms with van der Waals surface area (Å²) in [5.41, 5.74) is 4.94. The molecule has 0 aliphatic heterocycles. The van der Waals surface area contributed by atoms with Crippen LogP contribution in [-0.4, -0.2) is 21.0 Å². The molecular formula is C8H5N3O4S. The highest BCUT2D eigenvalue weighted by Crippen LogP contribution is 2.30. The molecule has 3 N–H and O–H groups in total. The molecule has 2 rings (SSSR count). The summed E-state index contributed by atoms with van der Waals surface area (Å²) in [6.45, 7) is 0. The van der Waals surface area contributed by atoms with E-state index in [2.05, 4.69) is 4.98 Å². The average molecular weight is 239 g/mol. The van der Waals surface area contributed by atoms with Crippen molar-refractivity contribution in [2.75, 3.05) is 5.73 Å². The van der Waals surface area contributed by atoms with Crippen LogP contribution in [0.15, 0.2) is 12.1 Å². The highest BCUT2D eigenvalue weighted by molar-refractivity contribution is 7.22. The summed E-state index contributed by atoms with van der Waals surface area (Å²) < 4.78 is 0.495. The molecule has 0 bridgehead atoms. The molecule has 1 aromatic carbocycles. The van der Waals surface area contributed by atoms with Gasteiger partial charge in [-0.3, -0.25) is 10.1 Å². The Morgan fingerprint density at radius 2 is 2.25 bits per heavy atom. The second-order valence-electron chi connectivity index (χ2n) is 2.95. The van der Waals surface area contributed by atoms with Gasteiger partial charge in [-0.05, 0) is 6.07 Å². The lowest BCUT2D eigenvalue weighted by molar-refractivity contribution is -0.385. The van der Waals surface area contributed by atoms with E-state index in [9.17, 15) is 14.9 Å². The summed E-state index contributed by atoms with van der Waals surface area (Å²) in [6.07, 6.45) is 0. The number of hydrogen-bond acceptors (Lipinski definition) is 6. The van der Waals surface area contributed by atoms with Gasteiger partial charge in [0.2, 0.25) is 0 Å². The molecule has 16 heavy (non-hydrogen) atoms. The molecule has 8 heteroatoms. The number of nitrogens with zero attached hydrogens (tertiary/aromatic N) is 2. The van der Waals surface area contributed by atoms with Crippen LogP contribution < -0.4 is 5.73 Å². The van der Waals surface area contributed by atoms with Crippen molar-refractivity contribution in [3.8, 4) is 0 Å². The fraction of sp³-hybridized carbons (Fsp3) is 0. The molecule has 1 heterocycles. The van der Waals surface area contributed by atoms with E-state index in [-0.39, 0.29) is 10.7 Å². The normalized spacial score (nSPS) is 10.5. The zero-order valence-electron chi connectivity index (χ0n) is 7.71. The molecule has 82 valence electrons. The van der Waals surface area contributed by atoms with Crippen LogP contribution in [0.5, 0.6) is 0 Å². The predicted octanol–water partition coefficient (Wildman–Crippen LogP) is 1.48. The minimum absolute atomic E-state index is 0.242. The summed E-state index contributed by atoms with van der Waals surface area (Å²) >= 11 is 1.07. The number of carboxylic acid groups (broad SMARTS) is 1. The van der Waals surface area contributed by atoms with Gasteiger partial charge in [0.05, 0.1) is 15.1 Å². The number of fused-ring (bicyclic) bond motifs is 1. The second-order valence-corrected chi connectivity index (χ2v) is 4.01. The maximum atomic E-state index is 10.8. The van der Waals surface area contributed by atoms with Crippen molar-refractivity contribution in [3.05, 3.63) is 27.8 Å². The van der Waals surface area contributed by atoms with E-state index < -0.39 is 16.6 Å². The van der Waals surface area contributed by atoms with Crippen LogP contribution in [0, 0.1) is 10.1 Å². The summed E-state index contributed by atoms with van der Waals surface area (Å²) in [5, 5.41) is 19.7. The molecule has 0 aliphatic rings. The number of thiazole rings is 1. The quantitative estimate of drug-likeness (QED) is 0.605. The van der Waals surface area contributed by atoms with Gasteiger partial charge in [0.25, 0.3) is 5.69 Å². The minimum atomic E-state index is -1.36. The van der Waals surface area contributed by atoms with Crippen LogP contribution in [0.25, 0.3) is 10.2 Å². The van der Waals surface area contributed by atoms with Gasteiger partial charge in [-0.15, -0.1) is 0 Å². The Morgan fingerprint density at radius 3 is 2.81 bits per heavy atom. The van der Waals surface area contributed by atoms with Crippen molar-refractivity contribution < 1.29 is 14.8 Å². The topological polar surface area (TPSA) is 119 Å². The molecular weight excluding hydrogens is 234 g/mol. The molecule has 0 saturated carbocycles. The number of carboxylic acids is 1. The van der Waals surface area contributed by atoms with Crippen LogP contribution in [0.2, 0.25) is 0 Å². The molecule has 0 fully saturated rings. The molecule has 0 unspecified atom stereocenters. The van der Waals surface area contributed by atoms with Gasteiger partial charge in [0.15, 0.2) is 5.13 Å². The summed E-state index contributed by atoms with van der Waals surface area (Å²) in [4.78, 5) is 24.6. The van der Waals surface area contributed by atoms with Crippen molar-refractivity contribution in [1.82, 2.24) is 4.98 Å². The lowest BCUT2D eigenvalue weighted by Crippen LogP contribution is -2.02. The number of nitrogen functional groups attached to an aromatic ring is 1. The maximum Gasteiger partial charge on any atom is 0.342 e. The molecule has 0 aliphatic carbocycles. The smallest absolute Gasteiger partial charge is 0.342 e. The van der Waals surface area contributed by atoms with Crippen LogP contribution in [0.1, 0.15) is 10.4 Å². The number of carbonyl (C=O) groups is 1. The van der Waals surface area contributed by atoms with Crippen LogP contribution in [-0.2, 0) is 0 Å². The number of anilines is 1. The van der Waals surface area contributed by atoms with E-state index in [0.29, 0.717) is 10.2 Å². The molecule has 0 spiro atoms. The highest BCUT2D eigenvalue weighted by Gasteiger charge is 2.21. The van der Waals surface area contributed by atoms with Crippen LogP contribution >= 0.6 is 11.3 Å². The second kappa shape index (κ2) is 3.42. The van der Waals surface area contributed by atoms with Gasteiger partial charge < -0.3 is 10.8 Å². The molecule has 7 nitrogen and oxygen atoms in total. The van der Waals surface area contributed by atoms with Gasteiger partial charge in [-0.1, -0.05) is 11.3 Å². The zero-order valence-corrected chi connectivity index (χ0v) is 8.52. The number of nitrogens with two attached hydrogens (primary N) is 1. The van der Waals surface area contributed by atoms with Gasteiger partial charge in [0, 0.05) is 6.07 Å². The fourth-order valence-corrected chi connectivity index (χ4v) is 2.05. The molecule has 1 aromatic heterocycles. The Kier molecular flexibility index (Phi) is 2.20. The van der Waals surface area contributed by atoms with E-state index in [0.717, 1.165) is 17.4 Å². The SMILES string of the molecule is Nc1nc2cc(C(=O)O)c([N+](=O)[O-])cc2s1. The van der Waals surface area contributed by atoms with Gasteiger partial charge in [-0.2, -0.15) is 0 Å². The van der Waals surface area contributed by atoms with Crippen molar-refractivity contribution in [3.63, 3.8) is 0 Å². The van der Waals surface area contributed by atoms with Crippen molar-refractivity contribution >= 4 is 38.3 Å². The Hall–Kier alpha value is -2.22. The average Bonchev–Trinajstić information content (AvgIpc) is 2.54. The van der Waals surface area contributed by atoms with E-state index in [1.54, 1.807) is 0 Å². The Bertz CT molecular complexity index is 556. The van der Waals surface area contributed by atoms with Crippen molar-refractivity contribution in [2.45, 2.75) is 0 Å². The van der Waals surface area contributed by atoms with Gasteiger partial charge in [0.1, 0.15) is 5.56 Å². The standard InChI is InChI=1S/C8H5N3O4S/c9-8-10-4-1-3(7(12)13)5(11(14)15)2-6(4)16-8/h1-2H,(H2,9,10)(H,12,13). The Morgan fingerprint density at radius 1 is 1.56 bits per heavy atom. The fourth-order valence-electron chi connectivity index (χ4n) is 1.30. The van der Waals surface area contributed by atoms with Crippen LogP contribution in [0.3, 0.4) is 0 Å². The number of aromatic nitrogens is 1. The number of nitro groups is 1. The monoisotopic (exact) mass is 239 g/mol. The Balaban J connectivity index is 2.80. The number of rotatable bonds is 2. The zero-order chi connectivity index (χ0) is 11.9. The van der Waals surface area contributed by atoms with Gasteiger partial charge in [-0.25, -0.2) is 9.78 Å². The highest BCUT2D eigenvalue weighted by atomic mass is 32.1. The summed E-state index contributed by atoms with van der Waals surface area (Å²) in [5.74, 6) is -1.36. The third-order valence-corrected chi connectivity index (χ3v) is 2.80. The van der Waals surface area contributed by atoms with E-state index in [1.165, 1.54) is 6.07 Å². The first-order valence-electron chi connectivity index (χ1n) is 4.07. The van der Waals surface area contributed by atoms with E-state index in [4.69, 9.17) is 10.8 Å². The van der Waals surface area contributed by atoms with Gasteiger partial charge >= 0.3 is 5.97 Å². The largest absolute Gasteiger partial charge is 0.477 e. The third-order valence-electron chi connectivity index (χ3n) is 1.95. The molecule has 0 saturated heterocycles. The van der Waals surface area contributed by atoms with E-state index in [1.807, 2.05) is 0 Å². The first-order chi connectivity index (χ1) is 7.49. The maximum absolute atomic E-state index is 10.8. The lowest BCUT2D eigenvalue weighted by atomic mass is 10.1. The van der Waals surface area contributed by atoms with Crippen LogP contribution in [0.4, 0.5) is 10.8 Å². The number of benzene rings is 1. The molecule has 0 atom stereocenters. The molecule has 0 amide bonds. The Labute approximate surface area is 92.3 Å². The molecule has 2 aromatic rings. The van der Waals surface area contributed by atoms with Crippen molar-refractivity contribution in [1.29, 1.82) is 0 Å². The lowest BCUT2D eigenvalue weighted by Gasteiger charge is -1.97. The van der Waals surface area contributed by atoms with Crippen molar-refractivity contribution in [2.24, 2.45) is 0 Å². The predicted molar refractivity (Wildman–Crippen MR) is 57.6 cm³/mol. The number of aromatic carboxylic acids is 1. The summed E-state index contributed by atoms with van der Waals surface area (Å²) in [6, 6.07) is 2.33. The summed E-state index contributed by atoms with van der Waals surface area (Å²) in [7, 11) is 0. The third kappa shape index (κ3) is 1.54. The first-order valence-corrected chi connectivity index (χ1v) is 4.88. The number of hydrogen-bond donors (Lipinski definition) is 2. The number of nitro benzene ring substituents is 1. The first kappa shape index (κ1) is 10.3. The molecule has 0 radical (unpaired) electrons.